The first-order valence-electron chi connectivity index (χ1n) is 15.6. The van der Waals surface area contributed by atoms with Crippen LogP contribution in [0.25, 0.3) is 86.3 Å². The second-order valence-corrected chi connectivity index (χ2v) is 13.0. The summed E-state index contributed by atoms with van der Waals surface area (Å²) in [7, 11) is 0. The number of aromatic nitrogens is 2. The van der Waals surface area contributed by atoms with Crippen molar-refractivity contribution >= 4 is 80.8 Å². The van der Waals surface area contributed by atoms with Gasteiger partial charge in [-0.25, -0.2) is 0 Å². The van der Waals surface area contributed by atoms with Crippen LogP contribution in [0.2, 0.25) is 0 Å². The van der Waals surface area contributed by atoms with Crippen molar-refractivity contribution in [3.05, 3.63) is 152 Å². The SMILES string of the molecule is Nc1ccc(-c2ccc3c(c2)c2c4sc5ccccc5c4ccc2n3-c2ccccc2)c(-n2c3ccccc3c3ccccc32)c1. The fourth-order valence-electron chi connectivity index (χ4n) is 7.47. The van der Waals surface area contributed by atoms with Crippen molar-refractivity contribution in [2.24, 2.45) is 0 Å². The molecule has 0 bridgehead atoms. The monoisotopic (exact) mass is 605 g/mol. The minimum atomic E-state index is 0.745. The Kier molecular flexibility index (Phi) is 5.31. The van der Waals surface area contributed by atoms with E-state index in [9.17, 15) is 0 Å². The highest BCUT2D eigenvalue weighted by Gasteiger charge is 2.20. The van der Waals surface area contributed by atoms with Gasteiger partial charge in [0, 0.05) is 58.7 Å². The molecule has 0 atom stereocenters. The van der Waals surface area contributed by atoms with Crippen LogP contribution in [0.1, 0.15) is 0 Å². The first-order valence-corrected chi connectivity index (χ1v) is 16.4. The summed E-state index contributed by atoms with van der Waals surface area (Å²) in [5.41, 5.74) is 16.6. The molecule has 0 saturated heterocycles. The second kappa shape index (κ2) is 9.58. The molecule has 10 aromatic rings. The Bertz CT molecular complexity index is 2760. The van der Waals surface area contributed by atoms with Crippen molar-refractivity contribution in [3.63, 3.8) is 0 Å². The summed E-state index contributed by atoms with van der Waals surface area (Å²) in [5.74, 6) is 0. The van der Waals surface area contributed by atoms with Crippen LogP contribution in [0.4, 0.5) is 5.69 Å². The number of benzene rings is 7. The molecule has 0 saturated carbocycles. The third-order valence-corrected chi connectivity index (χ3v) is 10.6. The molecular weight excluding hydrogens is 579 g/mol. The molecule has 0 fully saturated rings. The quantitative estimate of drug-likeness (QED) is 0.200. The summed E-state index contributed by atoms with van der Waals surface area (Å²) >= 11 is 1.89. The molecule has 10 rings (SSSR count). The maximum Gasteiger partial charge on any atom is 0.0561 e. The number of nitrogens with two attached hydrogens (primary N) is 1. The smallest absolute Gasteiger partial charge is 0.0561 e. The lowest BCUT2D eigenvalue weighted by atomic mass is 9.99. The highest BCUT2D eigenvalue weighted by Crippen LogP contribution is 2.45. The number of anilines is 1. The lowest BCUT2D eigenvalue weighted by molar-refractivity contribution is 1.18. The third-order valence-electron chi connectivity index (χ3n) is 9.44. The van der Waals surface area contributed by atoms with Gasteiger partial charge in [0.15, 0.2) is 0 Å². The molecule has 0 aliphatic heterocycles. The van der Waals surface area contributed by atoms with E-state index >= 15 is 0 Å². The van der Waals surface area contributed by atoms with Crippen LogP contribution < -0.4 is 5.73 Å². The van der Waals surface area contributed by atoms with E-state index in [1.807, 2.05) is 17.4 Å². The number of thiophene rings is 1. The molecule has 7 aromatic carbocycles. The number of nitrogens with zero attached hydrogens (tertiary/aromatic N) is 2. The van der Waals surface area contributed by atoms with E-state index in [0.29, 0.717) is 0 Å². The molecule has 0 aliphatic carbocycles. The van der Waals surface area contributed by atoms with E-state index in [2.05, 4.69) is 155 Å². The van der Waals surface area contributed by atoms with Gasteiger partial charge in [0.25, 0.3) is 0 Å². The summed E-state index contributed by atoms with van der Waals surface area (Å²) in [5, 5.41) is 7.64. The van der Waals surface area contributed by atoms with E-state index in [4.69, 9.17) is 5.73 Å². The van der Waals surface area contributed by atoms with Gasteiger partial charge in [-0.3, -0.25) is 0 Å². The van der Waals surface area contributed by atoms with Crippen LogP contribution >= 0.6 is 11.3 Å². The minimum Gasteiger partial charge on any atom is -0.399 e. The first kappa shape index (κ1) is 25.5. The highest BCUT2D eigenvalue weighted by molar-refractivity contribution is 7.26. The van der Waals surface area contributed by atoms with Gasteiger partial charge in [0.1, 0.15) is 0 Å². The molecule has 0 amide bonds. The average molecular weight is 606 g/mol. The van der Waals surface area contributed by atoms with Crippen molar-refractivity contribution in [1.29, 1.82) is 0 Å². The van der Waals surface area contributed by atoms with Gasteiger partial charge < -0.3 is 14.9 Å². The average Bonchev–Trinajstić information content (AvgIpc) is 3.76. The molecule has 0 unspecified atom stereocenters. The van der Waals surface area contributed by atoms with Gasteiger partial charge in [-0.15, -0.1) is 11.3 Å². The van der Waals surface area contributed by atoms with E-state index < -0.39 is 0 Å². The number of hydrogen-bond donors (Lipinski definition) is 1. The van der Waals surface area contributed by atoms with Gasteiger partial charge in [-0.2, -0.15) is 0 Å². The summed E-state index contributed by atoms with van der Waals surface area (Å²) < 4.78 is 7.43. The van der Waals surface area contributed by atoms with Crippen molar-refractivity contribution in [2.75, 3.05) is 5.73 Å². The molecule has 216 valence electrons. The van der Waals surface area contributed by atoms with Crippen LogP contribution in [0.3, 0.4) is 0 Å². The zero-order valence-electron chi connectivity index (χ0n) is 24.8. The molecule has 3 nitrogen and oxygen atoms in total. The lowest BCUT2D eigenvalue weighted by Crippen LogP contribution is -1.99. The van der Waals surface area contributed by atoms with Gasteiger partial charge in [-0.1, -0.05) is 91.0 Å². The predicted molar refractivity (Wildman–Crippen MR) is 198 cm³/mol. The minimum absolute atomic E-state index is 0.745. The molecule has 0 radical (unpaired) electrons. The highest BCUT2D eigenvalue weighted by atomic mass is 32.1. The van der Waals surface area contributed by atoms with Crippen molar-refractivity contribution in [2.45, 2.75) is 0 Å². The van der Waals surface area contributed by atoms with Crippen molar-refractivity contribution in [1.82, 2.24) is 9.13 Å². The molecular formula is C42H27N3S. The Morgan fingerprint density at radius 3 is 1.89 bits per heavy atom. The van der Waals surface area contributed by atoms with Crippen LogP contribution in [0.5, 0.6) is 0 Å². The predicted octanol–water partition coefficient (Wildman–Crippen LogP) is 11.5. The number of hydrogen-bond acceptors (Lipinski definition) is 2. The van der Waals surface area contributed by atoms with Crippen LogP contribution in [-0.4, -0.2) is 9.13 Å². The standard InChI is InChI=1S/C42H27N3S/c43-27-19-20-29(39(25-27)45-35-15-7-4-12-30(35)31-13-5-8-16-36(31)45)26-18-22-37-34(24-26)41-38(44(37)28-10-2-1-3-11-28)23-21-33-32-14-6-9-17-40(32)46-42(33)41/h1-25H,43H2. The van der Waals surface area contributed by atoms with Gasteiger partial charge in [0.2, 0.25) is 0 Å². The maximum atomic E-state index is 6.52. The van der Waals surface area contributed by atoms with Gasteiger partial charge in [0.05, 0.1) is 27.8 Å². The summed E-state index contributed by atoms with van der Waals surface area (Å²) in [4.78, 5) is 0. The zero-order valence-corrected chi connectivity index (χ0v) is 25.6. The lowest BCUT2D eigenvalue weighted by Gasteiger charge is -2.15. The zero-order chi connectivity index (χ0) is 30.4. The molecule has 3 heterocycles. The summed E-state index contributed by atoms with van der Waals surface area (Å²) in [6, 6.07) is 54.6. The van der Waals surface area contributed by atoms with Gasteiger partial charge >= 0.3 is 0 Å². The maximum absolute atomic E-state index is 6.52. The Balaban J connectivity index is 1.31. The fourth-order valence-corrected chi connectivity index (χ4v) is 8.73. The topological polar surface area (TPSA) is 35.9 Å². The first-order chi connectivity index (χ1) is 22.7. The van der Waals surface area contributed by atoms with Gasteiger partial charge in [-0.05, 0) is 66.2 Å². The number of rotatable bonds is 3. The van der Waals surface area contributed by atoms with E-state index in [1.54, 1.807) is 0 Å². The number of fused-ring (bicyclic) bond motifs is 10. The van der Waals surface area contributed by atoms with E-state index in [0.717, 1.165) is 28.2 Å². The second-order valence-electron chi connectivity index (χ2n) is 12.0. The normalized spacial score (nSPS) is 12.0. The molecule has 3 aromatic heterocycles. The van der Waals surface area contributed by atoms with E-state index in [-0.39, 0.29) is 0 Å². The molecule has 0 spiro atoms. The molecule has 2 N–H and O–H groups in total. The summed E-state index contributed by atoms with van der Waals surface area (Å²) in [6.45, 7) is 0. The van der Waals surface area contributed by atoms with Crippen LogP contribution in [0, 0.1) is 0 Å². The molecule has 4 heteroatoms. The Hall–Kier alpha value is -5.84. The van der Waals surface area contributed by atoms with E-state index in [1.165, 1.54) is 63.8 Å². The van der Waals surface area contributed by atoms with Crippen molar-refractivity contribution < 1.29 is 0 Å². The van der Waals surface area contributed by atoms with Crippen LogP contribution in [-0.2, 0) is 0 Å². The number of para-hydroxylation sites is 3. The Labute approximate surface area is 269 Å². The Morgan fingerprint density at radius 2 is 1.11 bits per heavy atom. The largest absolute Gasteiger partial charge is 0.399 e. The number of nitrogen functional groups attached to an aromatic ring is 1. The molecule has 46 heavy (non-hydrogen) atoms. The van der Waals surface area contributed by atoms with Crippen LogP contribution in [0.15, 0.2) is 152 Å². The fraction of sp³-hybridized carbons (Fsp3) is 0. The molecule has 0 aliphatic rings. The third kappa shape index (κ3) is 3.53. The summed E-state index contributed by atoms with van der Waals surface area (Å²) in [6.07, 6.45) is 0. The van der Waals surface area contributed by atoms with Crippen molar-refractivity contribution in [3.8, 4) is 22.5 Å². The Morgan fingerprint density at radius 1 is 0.457 bits per heavy atom.